The van der Waals surface area contributed by atoms with Crippen LogP contribution in [0, 0.1) is 0 Å². The number of carbonyl (C=O) groups excluding carboxylic acids is 2. The molecule has 0 unspecified atom stereocenters. The molecule has 0 aromatic rings. The molecule has 0 saturated heterocycles. The van der Waals surface area contributed by atoms with E-state index >= 15 is 0 Å². The number of amides is 2. The molecular weight excluding hydrogens is 140 g/mol. The van der Waals surface area contributed by atoms with Crippen molar-refractivity contribution in [3.05, 3.63) is 0 Å². The third-order valence-corrected chi connectivity index (χ3v) is 0.243. The SMILES string of the molecule is CSC.NC(=O)C(N)=O. The van der Waals surface area contributed by atoms with Crippen molar-refractivity contribution in [3.63, 3.8) is 0 Å². The van der Waals surface area contributed by atoms with Crippen LogP contribution in [0.3, 0.4) is 0 Å². The van der Waals surface area contributed by atoms with Gasteiger partial charge in [0.2, 0.25) is 0 Å². The standard InChI is InChI=1S/C2H4N2O2.C2H6S/c3-1(5)2(4)6;1-3-2/h(H2,3,5)(H2,4,6);1-2H3. The van der Waals surface area contributed by atoms with Crippen LogP contribution in [-0.4, -0.2) is 24.3 Å². The first-order valence-electron chi connectivity index (χ1n) is 2.05. The molecule has 2 amide bonds. The van der Waals surface area contributed by atoms with E-state index in [1.165, 1.54) is 0 Å². The fourth-order valence-corrected chi connectivity index (χ4v) is 0. The Morgan fingerprint density at radius 1 is 1.11 bits per heavy atom. The van der Waals surface area contributed by atoms with E-state index in [9.17, 15) is 9.59 Å². The van der Waals surface area contributed by atoms with E-state index in [0.717, 1.165) is 0 Å². The number of rotatable bonds is 0. The van der Waals surface area contributed by atoms with Crippen molar-refractivity contribution in [3.8, 4) is 0 Å². The molecular formula is C4H10N2O2S. The van der Waals surface area contributed by atoms with Crippen molar-refractivity contribution in [2.75, 3.05) is 12.5 Å². The molecule has 0 bridgehead atoms. The molecule has 54 valence electrons. The molecule has 9 heavy (non-hydrogen) atoms. The van der Waals surface area contributed by atoms with Crippen LogP contribution in [0.25, 0.3) is 0 Å². The van der Waals surface area contributed by atoms with E-state index in [-0.39, 0.29) is 0 Å². The number of thioether (sulfide) groups is 1. The minimum absolute atomic E-state index is 1.10. The molecule has 0 aromatic heterocycles. The molecule has 4 N–H and O–H groups in total. The van der Waals surface area contributed by atoms with Gasteiger partial charge in [0.1, 0.15) is 0 Å². The maximum Gasteiger partial charge on any atom is 0.306 e. The molecule has 0 atom stereocenters. The summed E-state index contributed by atoms with van der Waals surface area (Å²) in [6.07, 6.45) is 4.08. The zero-order valence-corrected chi connectivity index (χ0v) is 6.20. The van der Waals surface area contributed by atoms with Crippen LogP contribution in [-0.2, 0) is 9.59 Å². The van der Waals surface area contributed by atoms with E-state index in [1.54, 1.807) is 11.8 Å². The Morgan fingerprint density at radius 3 is 1.22 bits per heavy atom. The minimum Gasteiger partial charge on any atom is -0.361 e. The normalized spacial score (nSPS) is 6.89. The fourth-order valence-electron chi connectivity index (χ4n) is 0. The molecule has 4 nitrogen and oxygen atoms in total. The van der Waals surface area contributed by atoms with Crippen LogP contribution in [0.1, 0.15) is 0 Å². The van der Waals surface area contributed by atoms with Gasteiger partial charge in [0, 0.05) is 0 Å². The first kappa shape index (κ1) is 11.1. The van der Waals surface area contributed by atoms with Gasteiger partial charge in [-0.2, -0.15) is 11.8 Å². The van der Waals surface area contributed by atoms with Crippen LogP contribution >= 0.6 is 11.8 Å². The van der Waals surface area contributed by atoms with Crippen molar-refractivity contribution in [2.45, 2.75) is 0 Å². The largest absolute Gasteiger partial charge is 0.361 e. The van der Waals surface area contributed by atoms with Crippen molar-refractivity contribution >= 4 is 23.6 Å². The smallest absolute Gasteiger partial charge is 0.306 e. The van der Waals surface area contributed by atoms with Crippen LogP contribution in [0.5, 0.6) is 0 Å². The molecule has 0 spiro atoms. The fraction of sp³-hybridized carbons (Fsp3) is 0.500. The van der Waals surface area contributed by atoms with Gasteiger partial charge in [-0.1, -0.05) is 0 Å². The predicted octanol–water partition coefficient (Wildman–Crippen LogP) is -1.06. The second-order valence-corrected chi connectivity index (χ2v) is 1.95. The monoisotopic (exact) mass is 150 g/mol. The van der Waals surface area contributed by atoms with Gasteiger partial charge >= 0.3 is 11.8 Å². The number of hydrogen-bond acceptors (Lipinski definition) is 3. The lowest BCUT2D eigenvalue weighted by Gasteiger charge is -1.75. The number of nitrogens with two attached hydrogens (primary N) is 2. The van der Waals surface area contributed by atoms with Gasteiger partial charge in [0.15, 0.2) is 0 Å². The summed E-state index contributed by atoms with van der Waals surface area (Å²) in [5.41, 5.74) is 8.64. The zero-order valence-electron chi connectivity index (χ0n) is 5.38. The molecule has 0 aromatic carbocycles. The maximum absolute atomic E-state index is 9.45. The molecule has 5 heteroatoms. The number of carbonyl (C=O) groups is 2. The highest BCUT2D eigenvalue weighted by molar-refractivity contribution is 7.97. The first-order chi connectivity index (χ1) is 4.06. The van der Waals surface area contributed by atoms with Gasteiger partial charge in [-0.15, -0.1) is 0 Å². The van der Waals surface area contributed by atoms with Gasteiger partial charge in [0.05, 0.1) is 0 Å². The van der Waals surface area contributed by atoms with Gasteiger partial charge in [0.25, 0.3) is 0 Å². The average molecular weight is 150 g/mol. The molecule has 0 saturated carbocycles. The van der Waals surface area contributed by atoms with E-state index in [4.69, 9.17) is 0 Å². The number of primary amides is 2. The van der Waals surface area contributed by atoms with E-state index < -0.39 is 11.8 Å². The van der Waals surface area contributed by atoms with Crippen molar-refractivity contribution in [1.29, 1.82) is 0 Å². The molecule has 0 rings (SSSR count). The topological polar surface area (TPSA) is 86.2 Å². The Hall–Kier alpha value is -0.710. The predicted molar refractivity (Wildman–Crippen MR) is 37.8 cm³/mol. The van der Waals surface area contributed by atoms with Crippen molar-refractivity contribution in [2.24, 2.45) is 11.5 Å². The third-order valence-electron chi connectivity index (χ3n) is 0.243. The van der Waals surface area contributed by atoms with Crippen molar-refractivity contribution < 1.29 is 9.59 Å². The Morgan fingerprint density at radius 2 is 1.22 bits per heavy atom. The summed E-state index contributed by atoms with van der Waals surface area (Å²) in [6.45, 7) is 0. The Balaban J connectivity index is 0. The third kappa shape index (κ3) is 18.8. The summed E-state index contributed by atoms with van der Waals surface area (Å²) in [7, 11) is 0. The van der Waals surface area contributed by atoms with E-state index in [2.05, 4.69) is 11.5 Å². The summed E-state index contributed by atoms with van der Waals surface area (Å²) in [5.74, 6) is -2.20. The Labute approximate surface area is 58.0 Å². The van der Waals surface area contributed by atoms with Crippen molar-refractivity contribution in [1.82, 2.24) is 0 Å². The summed E-state index contributed by atoms with van der Waals surface area (Å²) in [5, 5.41) is 0. The highest BCUT2D eigenvalue weighted by Crippen LogP contribution is 1.70. The molecule has 0 aliphatic heterocycles. The second kappa shape index (κ2) is 7.29. The maximum atomic E-state index is 9.45. The lowest BCUT2D eigenvalue weighted by atomic mass is 10.6. The molecule has 0 aliphatic rings. The molecule has 0 fully saturated rings. The summed E-state index contributed by atoms with van der Waals surface area (Å²) >= 11 is 1.75. The van der Waals surface area contributed by atoms with Gasteiger partial charge in [-0.25, -0.2) is 0 Å². The van der Waals surface area contributed by atoms with Crippen LogP contribution in [0.2, 0.25) is 0 Å². The van der Waals surface area contributed by atoms with Gasteiger partial charge in [-0.05, 0) is 12.5 Å². The van der Waals surface area contributed by atoms with E-state index in [1.807, 2.05) is 12.5 Å². The van der Waals surface area contributed by atoms with Gasteiger partial charge in [-0.3, -0.25) is 9.59 Å². The average Bonchev–Trinajstić information content (AvgIpc) is 1.68. The number of hydrogen-bond donors (Lipinski definition) is 2. The summed E-state index contributed by atoms with van der Waals surface area (Å²) in [6, 6.07) is 0. The molecule has 0 radical (unpaired) electrons. The highest BCUT2D eigenvalue weighted by atomic mass is 32.2. The quantitative estimate of drug-likeness (QED) is 0.431. The van der Waals surface area contributed by atoms with E-state index in [0.29, 0.717) is 0 Å². The lowest BCUT2D eigenvalue weighted by Crippen LogP contribution is -2.29. The Kier molecular flexibility index (Phi) is 9.02. The molecule has 0 aliphatic carbocycles. The minimum atomic E-state index is -1.10. The van der Waals surface area contributed by atoms with Crippen LogP contribution < -0.4 is 11.5 Å². The van der Waals surface area contributed by atoms with Crippen LogP contribution in [0.15, 0.2) is 0 Å². The summed E-state index contributed by atoms with van der Waals surface area (Å²) < 4.78 is 0. The van der Waals surface area contributed by atoms with Gasteiger partial charge < -0.3 is 11.5 Å². The molecule has 0 heterocycles. The second-order valence-electron chi connectivity index (χ2n) is 1.14. The Bertz CT molecular complexity index is 92.7. The summed E-state index contributed by atoms with van der Waals surface area (Å²) in [4.78, 5) is 18.9. The highest BCUT2D eigenvalue weighted by Gasteiger charge is 1.96. The first-order valence-corrected chi connectivity index (χ1v) is 3.69. The zero-order chi connectivity index (χ0) is 7.86. The van der Waals surface area contributed by atoms with Crippen LogP contribution in [0.4, 0.5) is 0 Å². The lowest BCUT2D eigenvalue weighted by molar-refractivity contribution is -0.135.